The van der Waals surface area contributed by atoms with Gasteiger partial charge in [0, 0.05) is 6.54 Å². The average molecular weight is 287 g/mol. The Hall–Kier alpha value is -0.320. The summed E-state index contributed by atoms with van der Waals surface area (Å²) in [5, 5.41) is 0. The smallest absolute Gasteiger partial charge is 0.131 e. The van der Waals surface area contributed by atoms with Crippen molar-refractivity contribution in [2.45, 2.75) is 25.8 Å². The van der Waals surface area contributed by atoms with Crippen LogP contribution < -0.4 is 5.73 Å². The number of likely N-dealkylation sites (tertiary alicyclic amines) is 1. The molecule has 1 fully saturated rings. The van der Waals surface area contributed by atoms with Crippen LogP contribution in [0, 0.1) is 5.92 Å². The SMILES string of the molecule is NCCC1CCCN(Cc2occc2Br)C1. The molecule has 0 radical (unpaired) electrons. The van der Waals surface area contributed by atoms with Gasteiger partial charge in [0.2, 0.25) is 0 Å². The molecule has 4 heteroatoms. The lowest BCUT2D eigenvalue weighted by atomic mass is 9.95. The number of halogens is 1. The maximum Gasteiger partial charge on any atom is 0.131 e. The van der Waals surface area contributed by atoms with Gasteiger partial charge < -0.3 is 10.2 Å². The molecule has 2 N–H and O–H groups in total. The first kappa shape index (κ1) is 12.1. The minimum absolute atomic E-state index is 0.771. The van der Waals surface area contributed by atoms with Crippen molar-refractivity contribution in [3.05, 3.63) is 22.6 Å². The number of nitrogens with zero attached hydrogens (tertiary/aromatic N) is 1. The van der Waals surface area contributed by atoms with Crippen molar-refractivity contribution < 1.29 is 4.42 Å². The summed E-state index contributed by atoms with van der Waals surface area (Å²) in [4.78, 5) is 2.47. The second-order valence-electron chi connectivity index (χ2n) is 4.51. The van der Waals surface area contributed by atoms with Gasteiger partial charge >= 0.3 is 0 Å². The number of piperidine rings is 1. The van der Waals surface area contributed by atoms with Crippen LogP contribution in [0.5, 0.6) is 0 Å². The fourth-order valence-corrected chi connectivity index (χ4v) is 2.73. The molecule has 0 aliphatic carbocycles. The van der Waals surface area contributed by atoms with E-state index in [9.17, 15) is 0 Å². The second kappa shape index (κ2) is 5.84. The van der Waals surface area contributed by atoms with Crippen LogP contribution in [0.3, 0.4) is 0 Å². The summed E-state index contributed by atoms with van der Waals surface area (Å²) >= 11 is 3.50. The molecule has 0 amide bonds. The molecule has 0 bridgehead atoms. The minimum atomic E-state index is 0.771. The Kier molecular flexibility index (Phi) is 4.44. The van der Waals surface area contributed by atoms with Crippen LogP contribution in [-0.2, 0) is 6.54 Å². The Morgan fingerprint density at radius 3 is 3.12 bits per heavy atom. The van der Waals surface area contributed by atoms with Crippen molar-refractivity contribution in [2.24, 2.45) is 11.7 Å². The molecule has 2 rings (SSSR count). The monoisotopic (exact) mass is 286 g/mol. The van der Waals surface area contributed by atoms with Crippen molar-refractivity contribution >= 4 is 15.9 Å². The first-order valence-corrected chi connectivity index (χ1v) is 6.73. The average Bonchev–Trinajstić information content (AvgIpc) is 2.66. The van der Waals surface area contributed by atoms with Crippen molar-refractivity contribution in [1.82, 2.24) is 4.90 Å². The standard InChI is InChI=1S/C12H19BrN2O/c13-11-4-7-16-12(11)9-15-6-1-2-10(8-15)3-5-14/h4,7,10H,1-3,5-6,8-9,14H2. The van der Waals surface area contributed by atoms with E-state index in [2.05, 4.69) is 20.8 Å². The van der Waals surface area contributed by atoms with E-state index in [0.717, 1.165) is 42.2 Å². The van der Waals surface area contributed by atoms with Crippen molar-refractivity contribution in [3.8, 4) is 0 Å². The van der Waals surface area contributed by atoms with Crippen molar-refractivity contribution in [1.29, 1.82) is 0 Å². The second-order valence-corrected chi connectivity index (χ2v) is 5.37. The van der Waals surface area contributed by atoms with E-state index in [1.54, 1.807) is 6.26 Å². The lowest BCUT2D eigenvalue weighted by Crippen LogP contribution is -2.35. The molecule has 16 heavy (non-hydrogen) atoms. The molecule has 3 nitrogen and oxygen atoms in total. The molecule has 0 aromatic carbocycles. The summed E-state index contributed by atoms with van der Waals surface area (Å²) in [7, 11) is 0. The summed E-state index contributed by atoms with van der Waals surface area (Å²) in [6, 6.07) is 1.96. The third-order valence-electron chi connectivity index (χ3n) is 3.24. The lowest BCUT2D eigenvalue weighted by molar-refractivity contribution is 0.153. The predicted octanol–water partition coefficient (Wildman–Crippen LogP) is 2.60. The van der Waals surface area contributed by atoms with Gasteiger partial charge in [-0.3, -0.25) is 4.90 Å². The number of furan rings is 1. The molecule has 0 saturated carbocycles. The topological polar surface area (TPSA) is 42.4 Å². The molecular formula is C12H19BrN2O. The Balaban J connectivity index is 1.88. The molecule has 0 spiro atoms. The quantitative estimate of drug-likeness (QED) is 0.925. The van der Waals surface area contributed by atoms with E-state index >= 15 is 0 Å². The zero-order valence-electron chi connectivity index (χ0n) is 9.49. The molecular weight excluding hydrogens is 268 g/mol. The summed E-state index contributed by atoms with van der Waals surface area (Å²) in [6.07, 6.45) is 5.49. The van der Waals surface area contributed by atoms with Crippen LogP contribution in [-0.4, -0.2) is 24.5 Å². The molecule has 1 atom stereocenters. The van der Waals surface area contributed by atoms with E-state index in [1.165, 1.54) is 19.4 Å². The third kappa shape index (κ3) is 3.09. The van der Waals surface area contributed by atoms with Crippen LogP contribution in [0.25, 0.3) is 0 Å². The Morgan fingerprint density at radius 1 is 1.56 bits per heavy atom. The summed E-state index contributed by atoms with van der Waals surface area (Å²) in [5.41, 5.74) is 5.62. The number of nitrogens with two attached hydrogens (primary N) is 1. The maximum atomic E-state index is 5.62. The van der Waals surface area contributed by atoms with Gasteiger partial charge in [-0.2, -0.15) is 0 Å². The summed E-state index contributed by atoms with van der Waals surface area (Å²) in [5.74, 6) is 1.81. The molecule has 1 unspecified atom stereocenters. The van der Waals surface area contributed by atoms with Crippen LogP contribution >= 0.6 is 15.9 Å². The van der Waals surface area contributed by atoms with Crippen LogP contribution in [0.4, 0.5) is 0 Å². The third-order valence-corrected chi connectivity index (χ3v) is 3.94. The Bertz CT molecular complexity index is 325. The van der Waals surface area contributed by atoms with Gasteiger partial charge in [-0.25, -0.2) is 0 Å². The van der Waals surface area contributed by atoms with Crippen molar-refractivity contribution in [3.63, 3.8) is 0 Å². The fourth-order valence-electron chi connectivity index (χ4n) is 2.41. The number of hydrogen-bond acceptors (Lipinski definition) is 3. The van der Waals surface area contributed by atoms with Gasteiger partial charge in [0.1, 0.15) is 5.76 Å². The van der Waals surface area contributed by atoms with E-state index in [4.69, 9.17) is 10.2 Å². The van der Waals surface area contributed by atoms with E-state index in [1.807, 2.05) is 6.07 Å². The van der Waals surface area contributed by atoms with Gasteiger partial charge in [-0.15, -0.1) is 0 Å². The zero-order chi connectivity index (χ0) is 11.4. The summed E-state index contributed by atoms with van der Waals surface area (Å²) in [6.45, 7) is 4.05. The highest BCUT2D eigenvalue weighted by molar-refractivity contribution is 9.10. The Morgan fingerprint density at radius 2 is 2.44 bits per heavy atom. The van der Waals surface area contributed by atoms with Gasteiger partial charge in [0.25, 0.3) is 0 Å². The van der Waals surface area contributed by atoms with Gasteiger partial charge in [-0.1, -0.05) is 0 Å². The number of hydrogen-bond donors (Lipinski definition) is 1. The highest BCUT2D eigenvalue weighted by Gasteiger charge is 2.20. The maximum absolute atomic E-state index is 5.62. The molecule has 1 aliphatic heterocycles. The Labute approximate surface area is 105 Å². The molecule has 1 aliphatic rings. The van der Waals surface area contributed by atoms with E-state index < -0.39 is 0 Å². The first-order chi connectivity index (χ1) is 7.79. The van der Waals surface area contributed by atoms with Crippen LogP contribution in [0.2, 0.25) is 0 Å². The van der Waals surface area contributed by atoms with Gasteiger partial charge in [0.15, 0.2) is 0 Å². The van der Waals surface area contributed by atoms with E-state index in [-0.39, 0.29) is 0 Å². The highest BCUT2D eigenvalue weighted by Crippen LogP contribution is 2.24. The largest absolute Gasteiger partial charge is 0.467 e. The van der Waals surface area contributed by atoms with E-state index in [0.29, 0.717) is 0 Å². The zero-order valence-corrected chi connectivity index (χ0v) is 11.1. The summed E-state index contributed by atoms with van der Waals surface area (Å²) < 4.78 is 6.53. The lowest BCUT2D eigenvalue weighted by Gasteiger charge is -2.32. The fraction of sp³-hybridized carbons (Fsp3) is 0.667. The predicted molar refractivity (Wildman–Crippen MR) is 68.1 cm³/mol. The molecule has 2 heterocycles. The van der Waals surface area contributed by atoms with Crippen molar-refractivity contribution in [2.75, 3.05) is 19.6 Å². The first-order valence-electron chi connectivity index (χ1n) is 5.94. The molecule has 90 valence electrons. The van der Waals surface area contributed by atoms with Gasteiger partial charge in [0.05, 0.1) is 17.3 Å². The highest BCUT2D eigenvalue weighted by atomic mass is 79.9. The molecule has 1 aromatic rings. The van der Waals surface area contributed by atoms with Gasteiger partial charge in [-0.05, 0) is 60.3 Å². The van der Waals surface area contributed by atoms with Crippen LogP contribution in [0.1, 0.15) is 25.0 Å². The van der Waals surface area contributed by atoms with Crippen LogP contribution in [0.15, 0.2) is 21.2 Å². The molecule has 1 saturated heterocycles. The molecule has 1 aromatic heterocycles. The normalized spacial score (nSPS) is 22.5. The number of rotatable bonds is 4. The minimum Gasteiger partial charge on any atom is -0.467 e.